The Labute approximate surface area is 190 Å². The van der Waals surface area contributed by atoms with Gasteiger partial charge in [-0.1, -0.05) is 23.7 Å². The fraction of sp³-hybridized carbons (Fsp3) is 0.478. The third-order valence-corrected chi connectivity index (χ3v) is 7.75. The van der Waals surface area contributed by atoms with E-state index in [9.17, 15) is 13.5 Å². The Bertz CT molecular complexity index is 980. The second-order valence-corrected chi connectivity index (χ2v) is 11.1. The van der Waals surface area contributed by atoms with Crippen LogP contribution in [0.3, 0.4) is 0 Å². The van der Waals surface area contributed by atoms with Crippen molar-refractivity contribution in [3.05, 3.63) is 58.6 Å². The van der Waals surface area contributed by atoms with Gasteiger partial charge in [0.15, 0.2) is 9.84 Å². The Morgan fingerprint density at radius 2 is 1.90 bits per heavy atom. The molecule has 31 heavy (non-hydrogen) atoms. The second kappa shape index (κ2) is 10.2. The van der Waals surface area contributed by atoms with Crippen molar-refractivity contribution >= 4 is 27.1 Å². The van der Waals surface area contributed by atoms with E-state index in [4.69, 9.17) is 16.3 Å². The Hall–Kier alpha value is -1.80. The zero-order chi connectivity index (χ0) is 22.6. The minimum atomic E-state index is -3.02. The maximum atomic E-state index is 12.0. The molecule has 6 nitrogen and oxygen atoms in total. The van der Waals surface area contributed by atoms with E-state index >= 15 is 0 Å². The van der Waals surface area contributed by atoms with Gasteiger partial charge in [0.05, 0.1) is 11.5 Å². The van der Waals surface area contributed by atoms with E-state index < -0.39 is 15.9 Å². The number of nitrogens with zero attached hydrogens (tertiary/aromatic N) is 2. The topological polar surface area (TPSA) is 70.1 Å². The fourth-order valence-electron chi connectivity index (χ4n) is 3.76. The normalized spacial score (nSPS) is 18.8. The number of hydrogen-bond acceptors (Lipinski definition) is 6. The van der Waals surface area contributed by atoms with Gasteiger partial charge in [0.25, 0.3) is 0 Å². The van der Waals surface area contributed by atoms with Crippen LogP contribution in [0.2, 0.25) is 5.02 Å². The Morgan fingerprint density at radius 1 is 1.19 bits per heavy atom. The molecule has 1 aliphatic heterocycles. The van der Waals surface area contributed by atoms with E-state index in [0.29, 0.717) is 30.3 Å². The molecule has 2 atom stereocenters. The molecule has 1 saturated heterocycles. The van der Waals surface area contributed by atoms with Crippen molar-refractivity contribution in [1.82, 2.24) is 4.90 Å². The first-order chi connectivity index (χ1) is 14.6. The van der Waals surface area contributed by atoms with Crippen LogP contribution >= 0.6 is 11.6 Å². The second-order valence-electron chi connectivity index (χ2n) is 8.42. The highest BCUT2D eigenvalue weighted by Gasteiger charge is 2.33. The zero-order valence-corrected chi connectivity index (χ0v) is 19.9. The van der Waals surface area contributed by atoms with Crippen molar-refractivity contribution in [2.45, 2.75) is 32.0 Å². The lowest BCUT2D eigenvalue weighted by molar-refractivity contribution is 0.0524. The van der Waals surface area contributed by atoms with Crippen LogP contribution in [0.4, 0.5) is 5.69 Å². The van der Waals surface area contributed by atoms with E-state index in [1.54, 1.807) is 12.1 Å². The standard InChI is InChI=1S/C23H31ClN2O4S/c1-17-12-22(8-9-23(17)24)30-15-21(27)14-26(20-10-11-31(28,29)16-20)13-18-4-6-19(7-5-18)25(2)3/h4-9,12,20-21,27H,10-11,13-16H2,1-3H3. The van der Waals surface area contributed by atoms with Crippen LogP contribution in [0.1, 0.15) is 17.5 Å². The van der Waals surface area contributed by atoms with Gasteiger partial charge < -0.3 is 14.7 Å². The predicted molar refractivity (Wildman–Crippen MR) is 126 cm³/mol. The molecular formula is C23H31ClN2O4S. The number of ether oxygens (including phenoxy) is 1. The molecule has 0 spiro atoms. The van der Waals surface area contributed by atoms with Gasteiger partial charge in [0.1, 0.15) is 18.5 Å². The van der Waals surface area contributed by atoms with Crippen molar-refractivity contribution in [2.75, 3.05) is 43.7 Å². The summed E-state index contributed by atoms with van der Waals surface area (Å²) < 4.78 is 29.8. The number of anilines is 1. The van der Waals surface area contributed by atoms with Crippen molar-refractivity contribution in [2.24, 2.45) is 0 Å². The molecule has 170 valence electrons. The van der Waals surface area contributed by atoms with Crippen LogP contribution in [0.15, 0.2) is 42.5 Å². The molecule has 8 heteroatoms. The highest BCUT2D eigenvalue weighted by Crippen LogP contribution is 2.23. The molecular weight excluding hydrogens is 436 g/mol. The van der Waals surface area contributed by atoms with E-state index in [0.717, 1.165) is 16.8 Å². The fourth-order valence-corrected chi connectivity index (χ4v) is 5.64. The average molecular weight is 467 g/mol. The average Bonchev–Trinajstić information content (AvgIpc) is 3.08. The van der Waals surface area contributed by atoms with Crippen LogP contribution < -0.4 is 9.64 Å². The number of aliphatic hydroxyl groups is 1. The van der Waals surface area contributed by atoms with E-state index in [1.807, 2.05) is 56.3 Å². The molecule has 0 bridgehead atoms. The number of aliphatic hydroxyl groups excluding tert-OH is 1. The van der Waals surface area contributed by atoms with E-state index in [-0.39, 0.29) is 24.2 Å². The Balaban J connectivity index is 1.66. The first-order valence-electron chi connectivity index (χ1n) is 10.4. The smallest absolute Gasteiger partial charge is 0.151 e. The molecule has 2 aromatic rings. The first kappa shape index (κ1) is 23.9. The van der Waals surface area contributed by atoms with Crippen molar-refractivity contribution < 1.29 is 18.3 Å². The summed E-state index contributed by atoms with van der Waals surface area (Å²) >= 11 is 6.05. The molecule has 1 heterocycles. The third-order valence-electron chi connectivity index (χ3n) is 5.58. The molecule has 0 amide bonds. The molecule has 1 aliphatic rings. The largest absolute Gasteiger partial charge is 0.491 e. The highest BCUT2D eigenvalue weighted by atomic mass is 35.5. The third kappa shape index (κ3) is 6.84. The van der Waals surface area contributed by atoms with E-state index in [1.165, 1.54) is 0 Å². The molecule has 1 N–H and O–H groups in total. The maximum Gasteiger partial charge on any atom is 0.151 e. The lowest BCUT2D eigenvalue weighted by atomic mass is 10.1. The predicted octanol–water partition coefficient (Wildman–Crippen LogP) is 3.14. The quantitative estimate of drug-likeness (QED) is 0.612. The van der Waals surface area contributed by atoms with Crippen molar-refractivity contribution in [1.29, 1.82) is 0 Å². The Morgan fingerprint density at radius 3 is 2.48 bits per heavy atom. The van der Waals surface area contributed by atoms with Gasteiger partial charge in [-0.25, -0.2) is 8.42 Å². The monoisotopic (exact) mass is 466 g/mol. The van der Waals surface area contributed by atoms with Crippen molar-refractivity contribution in [3.8, 4) is 5.75 Å². The summed E-state index contributed by atoms with van der Waals surface area (Å²) in [4.78, 5) is 4.10. The van der Waals surface area contributed by atoms with Crippen LogP contribution in [-0.4, -0.2) is 69.3 Å². The lowest BCUT2D eigenvalue weighted by Gasteiger charge is -2.30. The summed E-state index contributed by atoms with van der Waals surface area (Å²) in [5, 5.41) is 11.3. The molecule has 0 radical (unpaired) electrons. The summed E-state index contributed by atoms with van der Waals surface area (Å²) in [6, 6.07) is 13.5. The van der Waals surface area contributed by atoms with Gasteiger partial charge >= 0.3 is 0 Å². The van der Waals surface area contributed by atoms with Gasteiger partial charge in [-0.15, -0.1) is 0 Å². The molecule has 2 unspecified atom stereocenters. The number of halogens is 1. The van der Waals surface area contributed by atoms with Gasteiger partial charge in [0, 0.05) is 43.9 Å². The number of benzene rings is 2. The van der Waals surface area contributed by atoms with Gasteiger partial charge in [-0.3, -0.25) is 4.90 Å². The summed E-state index contributed by atoms with van der Waals surface area (Å²) in [5.41, 5.74) is 3.09. The highest BCUT2D eigenvalue weighted by molar-refractivity contribution is 7.91. The SMILES string of the molecule is Cc1cc(OCC(O)CN(Cc2ccc(N(C)C)cc2)C2CCS(=O)(=O)C2)ccc1Cl. The summed E-state index contributed by atoms with van der Waals surface area (Å²) in [7, 11) is 0.954. The number of aryl methyl sites for hydroxylation is 1. The minimum Gasteiger partial charge on any atom is -0.491 e. The van der Waals surface area contributed by atoms with Crippen molar-refractivity contribution in [3.63, 3.8) is 0 Å². The van der Waals surface area contributed by atoms with Gasteiger partial charge in [-0.2, -0.15) is 0 Å². The summed E-state index contributed by atoms with van der Waals surface area (Å²) in [6.07, 6.45) is -0.164. The molecule has 1 fully saturated rings. The number of sulfone groups is 1. The first-order valence-corrected chi connectivity index (χ1v) is 12.6. The van der Waals surface area contributed by atoms with Gasteiger partial charge in [-0.05, 0) is 54.8 Å². The number of hydrogen-bond donors (Lipinski definition) is 1. The van der Waals surface area contributed by atoms with Gasteiger partial charge in [0.2, 0.25) is 0 Å². The maximum absolute atomic E-state index is 12.0. The molecule has 3 rings (SSSR count). The molecule has 0 saturated carbocycles. The van der Waals surface area contributed by atoms with Crippen LogP contribution in [-0.2, 0) is 16.4 Å². The summed E-state index contributed by atoms with van der Waals surface area (Å²) in [5.74, 6) is 0.979. The van der Waals surface area contributed by atoms with Crippen LogP contribution in [0, 0.1) is 6.92 Å². The van der Waals surface area contributed by atoms with E-state index in [2.05, 4.69) is 4.90 Å². The van der Waals surface area contributed by atoms with Crippen LogP contribution in [0.5, 0.6) is 5.75 Å². The Kier molecular flexibility index (Phi) is 7.86. The molecule has 2 aromatic carbocycles. The molecule has 0 aromatic heterocycles. The van der Waals surface area contributed by atoms with Crippen LogP contribution in [0.25, 0.3) is 0 Å². The molecule has 0 aliphatic carbocycles. The summed E-state index contributed by atoms with van der Waals surface area (Å²) in [6.45, 7) is 2.93. The zero-order valence-electron chi connectivity index (χ0n) is 18.3. The lowest BCUT2D eigenvalue weighted by Crippen LogP contribution is -2.42. The number of rotatable bonds is 9. The minimum absolute atomic E-state index is 0.106.